The zero-order valence-corrected chi connectivity index (χ0v) is 14.7. The van der Waals surface area contributed by atoms with Crippen LogP contribution in [0.4, 0.5) is 10.8 Å². The lowest BCUT2D eigenvalue weighted by Crippen LogP contribution is -1.87. The quantitative estimate of drug-likeness (QED) is 0.521. The third-order valence-electron chi connectivity index (χ3n) is 3.66. The van der Waals surface area contributed by atoms with Crippen LogP contribution in [0, 0.1) is 11.3 Å². The second-order valence-electron chi connectivity index (χ2n) is 5.29. The molecule has 0 spiro atoms. The summed E-state index contributed by atoms with van der Waals surface area (Å²) in [6.45, 7) is 0. The molecule has 0 radical (unpaired) electrons. The molecule has 1 N–H and O–H groups in total. The van der Waals surface area contributed by atoms with E-state index in [1.165, 1.54) is 11.3 Å². The molecule has 3 aromatic heterocycles. The van der Waals surface area contributed by atoms with Gasteiger partial charge in [0, 0.05) is 23.8 Å². The minimum absolute atomic E-state index is 0.685. The second-order valence-corrected chi connectivity index (χ2v) is 7.49. The van der Waals surface area contributed by atoms with Gasteiger partial charge in [-0.3, -0.25) is 0 Å². The zero-order chi connectivity index (χ0) is 17.1. The normalized spacial score (nSPS) is 10.7. The van der Waals surface area contributed by atoms with Crippen molar-refractivity contribution >= 4 is 39.4 Å². The Morgan fingerprint density at radius 1 is 1.12 bits per heavy atom. The van der Waals surface area contributed by atoms with Gasteiger partial charge < -0.3 is 9.72 Å². The number of pyridine rings is 1. The Balaban J connectivity index is 1.48. The standard InChI is InChI=1S/C18H13N5S2/c19-10-15-13(11-23-9-5-4-8-16(15)23)12-24-18-22-21-17(25-18)20-14-6-2-1-3-7-14/h1-9,11H,12H2,(H,20,21). The highest BCUT2D eigenvalue weighted by atomic mass is 32.2. The first kappa shape index (κ1) is 15.7. The maximum absolute atomic E-state index is 9.46. The van der Waals surface area contributed by atoms with E-state index < -0.39 is 0 Å². The number of anilines is 2. The van der Waals surface area contributed by atoms with Gasteiger partial charge in [-0.25, -0.2) is 0 Å². The van der Waals surface area contributed by atoms with Gasteiger partial charge >= 0.3 is 0 Å². The van der Waals surface area contributed by atoms with Crippen molar-refractivity contribution in [3.05, 3.63) is 72.1 Å². The topological polar surface area (TPSA) is 66.0 Å². The van der Waals surface area contributed by atoms with E-state index >= 15 is 0 Å². The van der Waals surface area contributed by atoms with E-state index in [2.05, 4.69) is 21.6 Å². The van der Waals surface area contributed by atoms with Crippen molar-refractivity contribution in [3.63, 3.8) is 0 Å². The molecule has 4 rings (SSSR count). The average molecular weight is 363 g/mol. The highest BCUT2D eigenvalue weighted by Crippen LogP contribution is 2.31. The number of thioether (sulfide) groups is 1. The van der Waals surface area contributed by atoms with Crippen molar-refractivity contribution in [2.75, 3.05) is 5.32 Å². The predicted molar refractivity (Wildman–Crippen MR) is 101 cm³/mol. The minimum atomic E-state index is 0.685. The third kappa shape index (κ3) is 3.36. The Bertz CT molecular complexity index is 1050. The van der Waals surface area contributed by atoms with Crippen LogP contribution < -0.4 is 5.32 Å². The molecule has 0 amide bonds. The van der Waals surface area contributed by atoms with Gasteiger partial charge in [0.15, 0.2) is 4.34 Å². The number of aromatic nitrogens is 3. The second kappa shape index (κ2) is 6.97. The smallest absolute Gasteiger partial charge is 0.210 e. The van der Waals surface area contributed by atoms with Gasteiger partial charge in [-0.05, 0) is 29.8 Å². The molecule has 0 aliphatic heterocycles. The first-order chi connectivity index (χ1) is 12.3. The number of fused-ring (bicyclic) bond motifs is 1. The van der Waals surface area contributed by atoms with Gasteiger partial charge in [-0.15, -0.1) is 10.2 Å². The Kier molecular flexibility index (Phi) is 4.37. The number of benzene rings is 1. The molecule has 0 fully saturated rings. The van der Waals surface area contributed by atoms with Crippen LogP contribution in [0.25, 0.3) is 5.52 Å². The number of hydrogen-bond donors (Lipinski definition) is 1. The van der Waals surface area contributed by atoms with Crippen molar-refractivity contribution in [2.45, 2.75) is 10.1 Å². The van der Waals surface area contributed by atoms with Crippen molar-refractivity contribution in [3.8, 4) is 6.07 Å². The summed E-state index contributed by atoms with van der Waals surface area (Å²) in [4.78, 5) is 0. The van der Waals surface area contributed by atoms with Gasteiger partial charge in [-0.2, -0.15) is 5.26 Å². The molecule has 0 unspecified atom stereocenters. The summed E-state index contributed by atoms with van der Waals surface area (Å²) in [5.74, 6) is 0.685. The van der Waals surface area contributed by atoms with Crippen LogP contribution in [0.5, 0.6) is 0 Å². The number of nitriles is 1. The van der Waals surface area contributed by atoms with Crippen molar-refractivity contribution in [2.24, 2.45) is 0 Å². The van der Waals surface area contributed by atoms with E-state index in [0.717, 1.165) is 31.8 Å². The number of hydrogen-bond acceptors (Lipinski definition) is 6. The van der Waals surface area contributed by atoms with Crippen molar-refractivity contribution < 1.29 is 0 Å². The van der Waals surface area contributed by atoms with Crippen molar-refractivity contribution in [1.82, 2.24) is 14.6 Å². The van der Waals surface area contributed by atoms with Crippen LogP contribution in [0.3, 0.4) is 0 Å². The highest BCUT2D eigenvalue weighted by molar-refractivity contribution is 8.00. The summed E-state index contributed by atoms with van der Waals surface area (Å²) in [6, 6.07) is 18.1. The lowest BCUT2D eigenvalue weighted by molar-refractivity contribution is 1.01. The summed E-state index contributed by atoms with van der Waals surface area (Å²) in [6.07, 6.45) is 3.96. The molecule has 0 saturated carbocycles. The molecule has 0 saturated heterocycles. The van der Waals surface area contributed by atoms with Gasteiger partial charge in [0.25, 0.3) is 0 Å². The van der Waals surface area contributed by atoms with E-state index in [1.54, 1.807) is 11.8 Å². The van der Waals surface area contributed by atoms with E-state index in [4.69, 9.17) is 0 Å². The van der Waals surface area contributed by atoms with Crippen LogP contribution in [0.2, 0.25) is 0 Å². The van der Waals surface area contributed by atoms with Gasteiger partial charge in [0.05, 0.1) is 11.1 Å². The summed E-state index contributed by atoms with van der Waals surface area (Å²) < 4.78 is 2.86. The highest BCUT2D eigenvalue weighted by Gasteiger charge is 2.12. The van der Waals surface area contributed by atoms with E-state index in [1.807, 2.05) is 65.3 Å². The first-order valence-corrected chi connectivity index (χ1v) is 9.41. The summed E-state index contributed by atoms with van der Waals surface area (Å²) in [5, 5.41) is 21.9. The minimum Gasteiger partial charge on any atom is -0.330 e. The molecule has 4 aromatic rings. The summed E-state index contributed by atoms with van der Waals surface area (Å²) >= 11 is 3.10. The first-order valence-electron chi connectivity index (χ1n) is 7.60. The number of nitrogens with zero attached hydrogens (tertiary/aromatic N) is 4. The maximum atomic E-state index is 9.46. The monoisotopic (exact) mass is 363 g/mol. The van der Waals surface area contributed by atoms with E-state index in [9.17, 15) is 5.26 Å². The van der Waals surface area contributed by atoms with E-state index in [0.29, 0.717) is 5.75 Å². The van der Waals surface area contributed by atoms with E-state index in [-0.39, 0.29) is 0 Å². The molecule has 0 atom stereocenters. The maximum Gasteiger partial charge on any atom is 0.210 e. The molecular weight excluding hydrogens is 350 g/mol. The fraction of sp³-hybridized carbons (Fsp3) is 0.0556. The van der Waals surface area contributed by atoms with Crippen LogP contribution in [0.15, 0.2) is 65.3 Å². The number of para-hydroxylation sites is 1. The summed E-state index contributed by atoms with van der Waals surface area (Å²) in [7, 11) is 0. The van der Waals surface area contributed by atoms with Crippen LogP contribution >= 0.6 is 23.1 Å². The largest absolute Gasteiger partial charge is 0.330 e. The summed E-state index contributed by atoms with van der Waals surface area (Å²) in [5.41, 5.74) is 3.65. The molecule has 1 aromatic carbocycles. The molecule has 0 bridgehead atoms. The van der Waals surface area contributed by atoms with Gasteiger partial charge in [0.2, 0.25) is 5.13 Å². The molecule has 25 heavy (non-hydrogen) atoms. The Labute approximate surface area is 153 Å². The predicted octanol–water partition coefficient (Wildman–Crippen LogP) is 4.70. The number of rotatable bonds is 5. The molecule has 3 heterocycles. The molecule has 122 valence electrons. The zero-order valence-electron chi connectivity index (χ0n) is 13.1. The SMILES string of the molecule is N#Cc1c(CSc2nnc(Nc3ccccc3)s2)cn2ccccc12. The molecular formula is C18H13N5S2. The van der Waals surface area contributed by atoms with Gasteiger partial charge in [0.1, 0.15) is 6.07 Å². The van der Waals surface area contributed by atoms with Crippen LogP contribution in [-0.2, 0) is 5.75 Å². The Morgan fingerprint density at radius 3 is 2.80 bits per heavy atom. The van der Waals surface area contributed by atoms with Crippen molar-refractivity contribution in [1.29, 1.82) is 5.26 Å². The lowest BCUT2D eigenvalue weighted by Gasteiger charge is -1.99. The lowest BCUT2D eigenvalue weighted by atomic mass is 10.2. The third-order valence-corrected chi connectivity index (χ3v) is 5.68. The Hall–Kier alpha value is -2.82. The fourth-order valence-corrected chi connectivity index (χ4v) is 4.26. The molecule has 5 nitrogen and oxygen atoms in total. The number of nitrogens with one attached hydrogen (secondary N) is 1. The van der Waals surface area contributed by atoms with Gasteiger partial charge in [-0.1, -0.05) is 47.4 Å². The van der Waals surface area contributed by atoms with Crippen LogP contribution in [-0.4, -0.2) is 14.6 Å². The molecule has 7 heteroatoms. The average Bonchev–Trinajstić information content (AvgIpc) is 3.24. The Morgan fingerprint density at radius 2 is 1.96 bits per heavy atom. The molecule has 0 aliphatic rings. The van der Waals surface area contributed by atoms with Crippen LogP contribution in [0.1, 0.15) is 11.1 Å². The molecule has 0 aliphatic carbocycles. The fourth-order valence-electron chi connectivity index (χ4n) is 2.52.